The van der Waals surface area contributed by atoms with Crippen LogP contribution in [-0.4, -0.2) is 18.5 Å². The Balaban J connectivity index is 3.61. The molecular formula is C9H13P. The normalized spacial score (nSPS) is 8.80. The van der Waals surface area contributed by atoms with Gasteiger partial charge >= 0.3 is 0 Å². The highest BCUT2D eigenvalue weighted by molar-refractivity contribution is 7.58. The summed E-state index contributed by atoms with van der Waals surface area (Å²) >= 11 is 0. The van der Waals surface area contributed by atoms with Gasteiger partial charge in [0.2, 0.25) is 0 Å². The maximum atomic E-state index is 5.19. The molecule has 0 aliphatic heterocycles. The van der Waals surface area contributed by atoms with Crippen molar-refractivity contribution in [3.63, 3.8) is 0 Å². The van der Waals surface area contributed by atoms with Gasteiger partial charge in [-0.25, -0.2) is 0 Å². The Hall–Kier alpha value is -0.530. The molecule has 0 amide bonds. The minimum atomic E-state index is -0.0332. The molecule has 10 heavy (non-hydrogen) atoms. The summed E-state index contributed by atoms with van der Waals surface area (Å²) in [5.74, 6) is 2.67. The van der Waals surface area contributed by atoms with Crippen molar-refractivity contribution in [2.75, 3.05) is 18.5 Å². The smallest absolute Gasteiger partial charge is 0.0294 e. The molecule has 1 heteroatoms. The Morgan fingerprint density at radius 1 is 1.30 bits per heavy atom. The summed E-state index contributed by atoms with van der Waals surface area (Å²) in [7, 11) is -0.0332. The first kappa shape index (κ1) is 9.47. The Labute approximate surface area is 64.8 Å². The first-order chi connectivity index (χ1) is 4.85. The van der Waals surface area contributed by atoms with E-state index in [1.54, 1.807) is 0 Å². The molecule has 0 rings (SSSR count). The van der Waals surface area contributed by atoms with Crippen molar-refractivity contribution in [3.8, 4) is 12.3 Å². The van der Waals surface area contributed by atoms with Gasteiger partial charge in [-0.05, 0) is 12.3 Å². The molecule has 0 nitrogen and oxygen atoms in total. The fourth-order valence-electron chi connectivity index (χ4n) is 0.698. The predicted octanol–water partition coefficient (Wildman–Crippen LogP) is 2.47. The van der Waals surface area contributed by atoms with Crippen molar-refractivity contribution in [2.24, 2.45) is 0 Å². The van der Waals surface area contributed by atoms with Gasteiger partial charge in [0.05, 0.1) is 0 Å². The van der Waals surface area contributed by atoms with Crippen LogP contribution >= 0.6 is 7.92 Å². The Bertz CT molecular complexity index is 131. The lowest BCUT2D eigenvalue weighted by Crippen LogP contribution is -1.87. The third-order valence-corrected chi connectivity index (χ3v) is 3.27. The van der Waals surface area contributed by atoms with E-state index in [9.17, 15) is 0 Å². The summed E-state index contributed by atoms with van der Waals surface area (Å²) in [5, 5.41) is 0. The van der Waals surface area contributed by atoms with Crippen molar-refractivity contribution in [2.45, 2.75) is 0 Å². The number of terminal acetylenes is 1. The number of hydrogen-bond acceptors (Lipinski definition) is 0. The number of rotatable bonds is 5. The lowest BCUT2D eigenvalue weighted by atomic mass is 10.7. The van der Waals surface area contributed by atoms with Crippen LogP contribution in [0, 0.1) is 12.3 Å². The van der Waals surface area contributed by atoms with Gasteiger partial charge in [0, 0.05) is 6.16 Å². The Kier molecular flexibility index (Phi) is 6.24. The lowest BCUT2D eigenvalue weighted by molar-refractivity contribution is 1.62. The van der Waals surface area contributed by atoms with Gasteiger partial charge in [-0.3, -0.25) is 0 Å². The van der Waals surface area contributed by atoms with Gasteiger partial charge in [0.1, 0.15) is 0 Å². The molecule has 0 aromatic rings. The predicted molar refractivity (Wildman–Crippen MR) is 50.7 cm³/mol. The molecule has 0 atom stereocenters. The molecule has 0 N–H and O–H groups in total. The fraction of sp³-hybridized carbons (Fsp3) is 0.333. The first-order valence-corrected chi connectivity index (χ1v) is 5.12. The van der Waals surface area contributed by atoms with Crippen LogP contribution in [0.4, 0.5) is 0 Å². The molecule has 0 aliphatic rings. The molecule has 0 unspecified atom stereocenters. The van der Waals surface area contributed by atoms with Crippen molar-refractivity contribution >= 4 is 7.92 Å². The molecule has 0 heterocycles. The van der Waals surface area contributed by atoms with Gasteiger partial charge < -0.3 is 0 Å². The molecule has 0 aliphatic carbocycles. The van der Waals surface area contributed by atoms with Crippen LogP contribution in [0.25, 0.3) is 0 Å². The van der Waals surface area contributed by atoms with Crippen LogP contribution in [0.2, 0.25) is 0 Å². The van der Waals surface area contributed by atoms with Gasteiger partial charge in [-0.2, -0.15) is 0 Å². The van der Waals surface area contributed by atoms with Crippen LogP contribution in [0.1, 0.15) is 0 Å². The molecule has 0 aromatic heterocycles. The standard InChI is InChI=1S/C9H13P/c1-4-7-10(8-5-2)9-6-3/h1,5-6H,2-3,7-9H2. The average Bonchev–Trinajstić information content (AvgIpc) is 1.90. The second kappa shape index (κ2) is 6.59. The molecule has 54 valence electrons. The Morgan fingerprint density at radius 2 is 1.80 bits per heavy atom. The van der Waals surface area contributed by atoms with E-state index in [-0.39, 0.29) is 7.92 Å². The molecule has 0 bridgehead atoms. The molecular weight excluding hydrogens is 139 g/mol. The van der Waals surface area contributed by atoms with Gasteiger partial charge in [-0.1, -0.05) is 20.1 Å². The highest BCUT2D eigenvalue weighted by Gasteiger charge is 1.99. The minimum Gasteiger partial charge on any atom is -0.120 e. The van der Waals surface area contributed by atoms with E-state index in [4.69, 9.17) is 6.42 Å². The second-order valence-corrected chi connectivity index (χ2v) is 4.36. The van der Waals surface area contributed by atoms with E-state index in [0.717, 1.165) is 18.5 Å². The van der Waals surface area contributed by atoms with Crippen LogP contribution in [0.3, 0.4) is 0 Å². The van der Waals surface area contributed by atoms with E-state index in [1.807, 2.05) is 12.2 Å². The highest BCUT2D eigenvalue weighted by Crippen LogP contribution is 2.33. The summed E-state index contributed by atoms with van der Waals surface area (Å²) in [5.41, 5.74) is 0. The summed E-state index contributed by atoms with van der Waals surface area (Å²) in [4.78, 5) is 0. The monoisotopic (exact) mass is 152 g/mol. The summed E-state index contributed by atoms with van der Waals surface area (Å²) < 4.78 is 0. The van der Waals surface area contributed by atoms with Crippen molar-refractivity contribution in [1.82, 2.24) is 0 Å². The van der Waals surface area contributed by atoms with Crippen LogP contribution in [0.15, 0.2) is 25.3 Å². The maximum absolute atomic E-state index is 5.19. The van der Waals surface area contributed by atoms with Crippen LogP contribution in [0.5, 0.6) is 0 Å². The zero-order valence-corrected chi connectivity index (χ0v) is 7.11. The quantitative estimate of drug-likeness (QED) is 0.322. The maximum Gasteiger partial charge on any atom is 0.0294 e. The molecule has 0 radical (unpaired) electrons. The zero-order valence-electron chi connectivity index (χ0n) is 6.21. The molecule has 0 saturated heterocycles. The number of hydrogen-bond donors (Lipinski definition) is 0. The zero-order chi connectivity index (χ0) is 7.82. The van der Waals surface area contributed by atoms with E-state index in [0.29, 0.717) is 0 Å². The molecule has 0 spiro atoms. The van der Waals surface area contributed by atoms with E-state index in [1.165, 1.54) is 0 Å². The summed E-state index contributed by atoms with van der Waals surface area (Å²) in [6.07, 6.45) is 12.1. The summed E-state index contributed by atoms with van der Waals surface area (Å²) in [6.45, 7) is 7.36. The van der Waals surface area contributed by atoms with Crippen molar-refractivity contribution < 1.29 is 0 Å². The second-order valence-electron chi connectivity index (χ2n) is 1.98. The third-order valence-electron chi connectivity index (χ3n) is 1.09. The van der Waals surface area contributed by atoms with Crippen molar-refractivity contribution in [3.05, 3.63) is 25.3 Å². The Morgan fingerprint density at radius 3 is 2.10 bits per heavy atom. The van der Waals surface area contributed by atoms with Gasteiger partial charge in [-0.15, -0.1) is 25.5 Å². The average molecular weight is 152 g/mol. The third kappa shape index (κ3) is 4.36. The van der Waals surface area contributed by atoms with Crippen LogP contribution in [-0.2, 0) is 0 Å². The minimum absolute atomic E-state index is 0.0332. The SMILES string of the molecule is C#CCP(CC=C)CC=C. The van der Waals surface area contributed by atoms with E-state index >= 15 is 0 Å². The highest BCUT2D eigenvalue weighted by atomic mass is 31.1. The van der Waals surface area contributed by atoms with Gasteiger partial charge in [0.25, 0.3) is 0 Å². The molecule has 0 aromatic carbocycles. The number of allylic oxidation sites excluding steroid dienone is 2. The molecule has 0 saturated carbocycles. The fourth-order valence-corrected chi connectivity index (χ4v) is 2.09. The summed E-state index contributed by atoms with van der Waals surface area (Å²) in [6, 6.07) is 0. The largest absolute Gasteiger partial charge is 0.120 e. The lowest BCUT2D eigenvalue weighted by Gasteiger charge is -2.08. The van der Waals surface area contributed by atoms with Crippen molar-refractivity contribution in [1.29, 1.82) is 0 Å². The van der Waals surface area contributed by atoms with E-state index in [2.05, 4.69) is 19.1 Å². The van der Waals surface area contributed by atoms with Crippen LogP contribution < -0.4 is 0 Å². The first-order valence-electron chi connectivity index (χ1n) is 3.22. The van der Waals surface area contributed by atoms with Gasteiger partial charge in [0.15, 0.2) is 0 Å². The molecule has 0 fully saturated rings. The van der Waals surface area contributed by atoms with E-state index < -0.39 is 0 Å². The topological polar surface area (TPSA) is 0 Å².